The predicted octanol–water partition coefficient (Wildman–Crippen LogP) is 2.62. The van der Waals surface area contributed by atoms with E-state index in [0.717, 1.165) is 30.6 Å². The lowest BCUT2D eigenvalue weighted by molar-refractivity contribution is -0.152. The molecule has 2 heterocycles. The van der Waals surface area contributed by atoms with Crippen molar-refractivity contribution in [2.75, 3.05) is 26.7 Å². The first kappa shape index (κ1) is 17.9. The molecule has 0 spiro atoms. The van der Waals surface area contributed by atoms with E-state index in [2.05, 4.69) is 18.0 Å². The molecule has 2 aliphatic heterocycles. The molecule has 2 aliphatic rings. The van der Waals surface area contributed by atoms with Gasteiger partial charge in [-0.1, -0.05) is 18.2 Å². The van der Waals surface area contributed by atoms with Gasteiger partial charge in [0, 0.05) is 19.5 Å². The maximum absolute atomic E-state index is 12.7. The van der Waals surface area contributed by atoms with E-state index in [0.29, 0.717) is 25.3 Å². The molecule has 5 heteroatoms. The molecule has 25 heavy (non-hydrogen) atoms. The van der Waals surface area contributed by atoms with Crippen LogP contribution in [0.25, 0.3) is 0 Å². The van der Waals surface area contributed by atoms with E-state index < -0.39 is 11.9 Å². The third-order valence-electron chi connectivity index (χ3n) is 5.84. The zero-order valence-electron chi connectivity index (χ0n) is 15.4. The SMILES string of the molecule is Cc1ccc([C@@H]2[C@H](C(=O)O)CCC(=O)N2C[C@@H]2CCN(C)C2)cc1C. The van der Waals surface area contributed by atoms with Gasteiger partial charge >= 0.3 is 5.97 Å². The number of carbonyl (C=O) groups is 2. The molecule has 1 aromatic carbocycles. The first-order chi connectivity index (χ1) is 11.9. The molecule has 136 valence electrons. The number of benzene rings is 1. The molecule has 2 fully saturated rings. The summed E-state index contributed by atoms with van der Waals surface area (Å²) < 4.78 is 0. The zero-order valence-corrected chi connectivity index (χ0v) is 15.4. The Labute approximate surface area is 149 Å². The molecule has 2 saturated heterocycles. The van der Waals surface area contributed by atoms with Gasteiger partial charge in [-0.2, -0.15) is 0 Å². The van der Waals surface area contributed by atoms with E-state index in [1.807, 2.05) is 30.9 Å². The average molecular weight is 344 g/mol. The van der Waals surface area contributed by atoms with E-state index in [9.17, 15) is 14.7 Å². The van der Waals surface area contributed by atoms with Crippen LogP contribution in [-0.2, 0) is 9.59 Å². The van der Waals surface area contributed by atoms with Crippen LogP contribution in [-0.4, -0.2) is 53.5 Å². The standard InChI is InChI=1S/C20H28N2O3/c1-13-4-5-16(10-14(13)2)19-17(20(24)25)6-7-18(23)22(19)12-15-8-9-21(3)11-15/h4-5,10,15,17,19H,6-9,11-12H2,1-3H3,(H,24,25)/t15-,17-,19-/m1/s1. The number of aliphatic carboxylic acids is 1. The molecule has 1 amide bonds. The first-order valence-corrected chi connectivity index (χ1v) is 9.14. The lowest BCUT2D eigenvalue weighted by Crippen LogP contribution is -2.47. The van der Waals surface area contributed by atoms with Gasteiger partial charge in [-0.15, -0.1) is 0 Å². The molecule has 5 nitrogen and oxygen atoms in total. The van der Waals surface area contributed by atoms with Crippen molar-refractivity contribution in [2.24, 2.45) is 11.8 Å². The van der Waals surface area contributed by atoms with Gasteiger partial charge in [0.15, 0.2) is 0 Å². The van der Waals surface area contributed by atoms with Crippen molar-refractivity contribution < 1.29 is 14.7 Å². The number of amides is 1. The van der Waals surface area contributed by atoms with Crippen LogP contribution in [0.4, 0.5) is 0 Å². The molecule has 0 bridgehead atoms. The summed E-state index contributed by atoms with van der Waals surface area (Å²) in [5.74, 6) is -0.811. The van der Waals surface area contributed by atoms with E-state index in [1.54, 1.807) is 0 Å². The summed E-state index contributed by atoms with van der Waals surface area (Å²) in [7, 11) is 2.10. The molecule has 0 unspecified atom stereocenters. The third kappa shape index (κ3) is 3.71. The van der Waals surface area contributed by atoms with Gasteiger partial charge in [0.25, 0.3) is 0 Å². The van der Waals surface area contributed by atoms with E-state index in [1.165, 1.54) is 5.56 Å². The highest BCUT2D eigenvalue weighted by molar-refractivity contribution is 5.81. The minimum Gasteiger partial charge on any atom is -0.481 e. The fourth-order valence-electron chi connectivity index (χ4n) is 4.24. The number of carbonyl (C=O) groups excluding carboxylic acids is 1. The Hall–Kier alpha value is -1.88. The number of nitrogens with zero attached hydrogens (tertiary/aromatic N) is 2. The Kier molecular flexibility index (Phi) is 5.13. The zero-order chi connectivity index (χ0) is 18.1. The quantitative estimate of drug-likeness (QED) is 0.912. The second-order valence-corrected chi connectivity index (χ2v) is 7.73. The number of likely N-dealkylation sites (tertiary alicyclic amines) is 2. The second kappa shape index (κ2) is 7.16. The van der Waals surface area contributed by atoms with Crippen LogP contribution >= 0.6 is 0 Å². The molecular formula is C20H28N2O3. The van der Waals surface area contributed by atoms with Crippen LogP contribution in [0.3, 0.4) is 0 Å². The molecule has 0 aromatic heterocycles. The van der Waals surface area contributed by atoms with Crippen LogP contribution in [0.15, 0.2) is 18.2 Å². The van der Waals surface area contributed by atoms with Gasteiger partial charge < -0.3 is 14.9 Å². The maximum Gasteiger partial charge on any atom is 0.308 e. The number of aryl methyl sites for hydroxylation is 2. The Morgan fingerprint density at radius 3 is 2.60 bits per heavy atom. The highest BCUT2D eigenvalue weighted by atomic mass is 16.4. The third-order valence-corrected chi connectivity index (χ3v) is 5.84. The maximum atomic E-state index is 12.7. The van der Waals surface area contributed by atoms with Gasteiger partial charge in [-0.05, 0) is 62.9 Å². The van der Waals surface area contributed by atoms with Crippen LogP contribution in [0.1, 0.15) is 42.0 Å². The minimum absolute atomic E-state index is 0.0929. The Balaban J connectivity index is 1.93. The van der Waals surface area contributed by atoms with Gasteiger partial charge in [0.05, 0.1) is 12.0 Å². The van der Waals surface area contributed by atoms with Crippen molar-refractivity contribution >= 4 is 11.9 Å². The largest absolute Gasteiger partial charge is 0.481 e. The Bertz CT molecular complexity index is 673. The monoisotopic (exact) mass is 344 g/mol. The highest BCUT2D eigenvalue weighted by Gasteiger charge is 2.41. The first-order valence-electron chi connectivity index (χ1n) is 9.14. The molecule has 3 rings (SSSR count). The van der Waals surface area contributed by atoms with Crippen LogP contribution in [0.2, 0.25) is 0 Å². The molecule has 1 aromatic rings. The lowest BCUT2D eigenvalue weighted by atomic mass is 9.83. The Morgan fingerprint density at radius 1 is 1.24 bits per heavy atom. The summed E-state index contributed by atoms with van der Waals surface area (Å²) in [6.07, 6.45) is 1.82. The van der Waals surface area contributed by atoms with Crippen LogP contribution in [0.5, 0.6) is 0 Å². The molecule has 3 atom stereocenters. The highest BCUT2D eigenvalue weighted by Crippen LogP contribution is 2.38. The van der Waals surface area contributed by atoms with Crippen LogP contribution in [0, 0.1) is 25.7 Å². The summed E-state index contributed by atoms with van der Waals surface area (Å²) in [5.41, 5.74) is 3.27. The van der Waals surface area contributed by atoms with Crippen molar-refractivity contribution in [3.8, 4) is 0 Å². The molecular weight excluding hydrogens is 316 g/mol. The van der Waals surface area contributed by atoms with Crippen LogP contribution < -0.4 is 0 Å². The fourth-order valence-corrected chi connectivity index (χ4v) is 4.24. The molecule has 0 radical (unpaired) electrons. The number of hydrogen-bond acceptors (Lipinski definition) is 3. The summed E-state index contributed by atoms with van der Waals surface area (Å²) in [6, 6.07) is 5.73. The van der Waals surface area contributed by atoms with Gasteiger partial charge in [0.2, 0.25) is 5.91 Å². The lowest BCUT2D eigenvalue weighted by Gasteiger charge is -2.41. The van der Waals surface area contributed by atoms with Gasteiger partial charge in [-0.3, -0.25) is 9.59 Å². The van der Waals surface area contributed by atoms with Gasteiger partial charge in [0.1, 0.15) is 0 Å². The molecule has 1 N–H and O–H groups in total. The summed E-state index contributed by atoms with van der Waals surface area (Å²) in [4.78, 5) is 28.7. The van der Waals surface area contributed by atoms with Crippen molar-refractivity contribution in [3.63, 3.8) is 0 Å². The molecule has 0 saturated carbocycles. The molecule has 0 aliphatic carbocycles. The normalized spacial score (nSPS) is 27.7. The number of rotatable bonds is 4. The summed E-state index contributed by atoms with van der Waals surface area (Å²) in [6.45, 7) is 6.76. The van der Waals surface area contributed by atoms with Crippen molar-refractivity contribution in [1.29, 1.82) is 0 Å². The van der Waals surface area contributed by atoms with E-state index in [-0.39, 0.29) is 11.9 Å². The number of carboxylic acids is 1. The van der Waals surface area contributed by atoms with Gasteiger partial charge in [-0.25, -0.2) is 0 Å². The Morgan fingerprint density at radius 2 is 2.00 bits per heavy atom. The number of hydrogen-bond donors (Lipinski definition) is 1. The topological polar surface area (TPSA) is 60.9 Å². The minimum atomic E-state index is -0.802. The van der Waals surface area contributed by atoms with E-state index >= 15 is 0 Å². The fraction of sp³-hybridized carbons (Fsp3) is 0.600. The average Bonchev–Trinajstić information content (AvgIpc) is 2.97. The van der Waals surface area contributed by atoms with Crippen molar-refractivity contribution in [1.82, 2.24) is 9.80 Å². The second-order valence-electron chi connectivity index (χ2n) is 7.73. The van der Waals surface area contributed by atoms with Crippen molar-refractivity contribution in [3.05, 3.63) is 34.9 Å². The predicted molar refractivity (Wildman–Crippen MR) is 96.3 cm³/mol. The number of piperidine rings is 1. The van der Waals surface area contributed by atoms with Crippen molar-refractivity contribution in [2.45, 2.75) is 39.2 Å². The van der Waals surface area contributed by atoms with E-state index in [4.69, 9.17) is 0 Å². The summed E-state index contributed by atoms with van der Waals surface area (Å²) >= 11 is 0. The smallest absolute Gasteiger partial charge is 0.308 e. The number of carboxylic acid groups (broad SMARTS) is 1. The summed E-state index contributed by atoms with van der Waals surface area (Å²) in [5, 5.41) is 9.75.